The van der Waals surface area contributed by atoms with Gasteiger partial charge in [-0.1, -0.05) is 0 Å². The second-order valence-corrected chi connectivity index (χ2v) is 5.19. The molecule has 0 aliphatic rings. The number of likely N-dealkylation sites (N-methyl/N-ethyl adjacent to an activating group) is 1. The fraction of sp³-hybridized carbons (Fsp3) is 0.750. The van der Waals surface area contributed by atoms with E-state index >= 15 is 0 Å². The van der Waals surface area contributed by atoms with Crippen LogP contribution in [-0.2, 0) is 19.1 Å². The number of carboxylic acid groups (broad SMARTS) is 1. The molecular weight excluding hydrogens is 238 g/mol. The van der Waals surface area contributed by atoms with E-state index in [1.165, 1.54) is 20.8 Å². The molecule has 0 heterocycles. The summed E-state index contributed by atoms with van der Waals surface area (Å²) in [4.78, 5) is 30.5. The average molecular weight is 261 g/mol. The van der Waals surface area contributed by atoms with Crippen molar-refractivity contribution >= 4 is 17.7 Å². The topological polar surface area (TPSA) is 83.5 Å². The number of quaternary nitrogens is 1. The summed E-state index contributed by atoms with van der Waals surface area (Å²) < 4.78 is 5.39. The van der Waals surface area contributed by atoms with Crippen molar-refractivity contribution in [3.8, 4) is 0 Å². The predicted octanol–water partition coefficient (Wildman–Crippen LogP) is -0.640. The van der Waals surface area contributed by atoms with Crippen molar-refractivity contribution in [1.29, 1.82) is 0 Å². The first-order valence-corrected chi connectivity index (χ1v) is 5.58. The highest BCUT2D eigenvalue weighted by Gasteiger charge is 2.20. The summed E-state index contributed by atoms with van der Waals surface area (Å²) in [5.74, 6) is -1.51. The number of carbonyl (C=O) groups is 3. The first-order valence-electron chi connectivity index (χ1n) is 5.58. The third-order valence-corrected chi connectivity index (χ3v) is 1.48. The zero-order valence-corrected chi connectivity index (χ0v) is 12.0. The molecule has 0 radical (unpaired) electrons. The molecule has 6 heteroatoms. The second kappa shape index (κ2) is 8.63. The van der Waals surface area contributed by atoms with Gasteiger partial charge in [-0.25, -0.2) is 0 Å². The van der Waals surface area contributed by atoms with Gasteiger partial charge >= 0.3 is 5.97 Å². The monoisotopic (exact) mass is 261 g/mol. The van der Waals surface area contributed by atoms with Crippen molar-refractivity contribution in [3.63, 3.8) is 0 Å². The fourth-order valence-electron chi connectivity index (χ4n) is 1.17. The Morgan fingerprint density at radius 2 is 1.50 bits per heavy atom. The Morgan fingerprint density at radius 3 is 1.72 bits per heavy atom. The summed E-state index contributed by atoms with van der Waals surface area (Å²) in [7, 11) is 5.68. The molecule has 0 spiro atoms. The quantitative estimate of drug-likeness (QED) is 0.485. The molecule has 0 aliphatic heterocycles. The van der Waals surface area contributed by atoms with Crippen LogP contribution in [-0.4, -0.2) is 56.0 Å². The molecule has 0 aromatic rings. The van der Waals surface area contributed by atoms with E-state index in [2.05, 4.69) is 0 Å². The van der Waals surface area contributed by atoms with E-state index in [9.17, 15) is 19.5 Å². The third kappa shape index (κ3) is 20.0. The number of Topliss-reactive ketones (excluding diaryl/α,β-unsaturated/α-hetero) is 1. The average Bonchev–Trinajstić information content (AvgIpc) is 1.94. The second-order valence-electron chi connectivity index (χ2n) is 5.19. The van der Waals surface area contributed by atoms with Crippen LogP contribution < -0.4 is 5.11 Å². The molecule has 0 rings (SSSR count). The minimum atomic E-state index is -1.20. The predicted molar refractivity (Wildman–Crippen MR) is 64.4 cm³/mol. The van der Waals surface area contributed by atoms with Gasteiger partial charge in [0.25, 0.3) is 0 Å². The van der Waals surface area contributed by atoms with Crippen LogP contribution in [0.15, 0.2) is 0 Å². The molecular formula is C12H23NO5. The van der Waals surface area contributed by atoms with Gasteiger partial charge in [-0.05, 0) is 13.8 Å². The fourth-order valence-corrected chi connectivity index (χ4v) is 1.17. The van der Waals surface area contributed by atoms with Crippen LogP contribution in [0.25, 0.3) is 0 Å². The molecule has 106 valence electrons. The van der Waals surface area contributed by atoms with Crippen LogP contribution in [0.4, 0.5) is 0 Å². The van der Waals surface area contributed by atoms with Crippen LogP contribution in [0.2, 0.25) is 0 Å². The van der Waals surface area contributed by atoms with E-state index in [1.54, 1.807) is 0 Å². The Balaban J connectivity index is 0. The maximum atomic E-state index is 10.7. The lowest BCUT2D eigenvalue weighted by molar-refractivity contribution is -0.873. The van der Waals surface area contributed by atoms with Crippen molar-refractivity contribution in [2.75, 3.05) is 27.7 Å². The van der Waals surface area contributed by atoms with Gasteiger partial charge in [-0.15, -0.1) is 0 Å². The normalized spacial score (nSPS) is 11.9. The molecule has 18 heavy (non-hydrogen) atoms. The number of ketones is 1. The van der Waals surface area contributed by atoms with Gasteiger partial charge < -0.3 is 23.9 Å². The van der Waals surface area contributed by atoms with Crippen LogP contribution >= 0.6 is 0 Å². The number of ether oxygens (including phenoxy) is 1. The molecule has 0 saturated heterocycles. The highest BCUT2D eigenvalue weighted by molar-refractivity contribution is 5.72. The van der Waals surface area contributed by atoms with Gasteiger partial charge in [-0.3, -0.25) is 4.79 Å². The van der Waals surface area contributed by atoms with Crippen molar-refractivity contribution < 1.29 is 28.7 Å². The van der Waals surface area contributed by atoms with Crippen LogP contribution in [0.5, 0.6) is 0 Å². The summed E-state index contributed by atoms with van der Waals surface area (Å²) in [6, 6.07) is 0. The number of aliphatic carboxylic acids is 1. The van der Waals surface area contributed by atoms with Gasteiger partial charge in [0, 0.05) is 19.3 Å². The summed E-state index contributed by atoms with van der Waals surface area (Å²) in [5, 5.41) is 10.4. The van der Waals surface area contributed by atoms with Crippen molar-refractivity contribution in [3.05, 3.63) is 0 Å². The van der Waals surface area contributed by atoms with E-state index < -0.39 is 18.0 Å². The zero-order chi connectivity index (χ0) is 14.9. The Morgan fingerprint density at radius 1 is 1.11 bits per heavy atom. The molecule has 0 fully saturated rings. The number of rotatable bonds is 5. The molecule has 1 atom stereocenters. The largest absolute Gasteiger partial charge is 0.550 e. The summed E-state index contributed by atoms with van der Waals surface area (Å²) in [6.45, 7) is 4.77. The minimum absolute atomic E-state index is 0.167. The maximum Gasteiger partial charge on any atom is 0.303 e. The van der Waals surface area contributed by atoms with E-state index in [1.807, 2.05) is 21.1 Å². The van der Waals surface area contributed by atoms with Crippen molar-refractivity contribution in [1.82, 2.24) is 0 Å². The minimum Gasteiger partial charge on any atom is -0.550 e. The lowest BCUT2D eigenvalue weighted by Gasteiger charge is -2.28. The number of carbonyl (C=O) groups excluding carboxylic acids is 3. The molecule has 6 nitrogen and oxygen atoms in total. The van der Waals surface area contributed by atoms with Gasteiger partial charge in [0.2, 0.25) is 0 Å². The summed E-state index contributed by atoms with van der Waals surface area (Å²) >= 11 is 0. The lowest BCUT2D eigenvalue weighted by Crippen LogP contribution is -2.45. The van der Waals surface area contributed by atoms with E-state index in [4.69, 9.17) is 4.74 Å². The van der Waals surface area contributed by atoms with Gasteiger partial charge in [0.1, 0.15) is 12.3 Å². The number of hydrogen-bond acceptors (Lipinski definition) is 5. The highest BCUT2D eigenvalue weighted by atomic mass is 16.5. The van der Waals surface area contributed by atoms with Gasteiger partial charge in [0.15, 0.2) is 6.10 Å². The molecule has 0 aromatic heterocycles. The first kappa shape index (κ1) is 18.9. The standard InChI is InChI=1S/C9H17NO4.C3H6O/c1-7(11)14-8(5-9(12)13)6-10(2,3)4;1-3(2)4/h8H,5-6H2,1-4H3;1-2H3. The molecule has 0 aliphatic carbocycles. The van der Waals surface area contributed by atoms with E-state index in [0.29, 0.717) is 11.0 Å². The maximum absolute atomic E-state index is 10.7. The Bertz CT molecular complexity index is 273. The van der Waals surface area contributed by atoms with Crippen LogP contribution in [0.1, 0.15) is 27.2 Å². The first-order chi connectivity index (χ1) is 7.94. The van der Waals surface area contributed by atoms with E-state index in [0.717, 1.165) is 0 Å². The molecule has 0 bridgehead atoms. The molecule has 0 N–H and O–H groups in total. The Kier molecular flexibility index (Phi) is 9.07. The number of esters is 1. The lowest BCUT2D eigenvalue weighted by atomic mass is 10.2. The summed E-state index contributed by atoms with van der Waals surface area (Å²) in [5.41, 5.74) is 0. The smallest absolute Gasteiger partial charge is 0.303 e. The van der Waals surface area contributed by atoms with Crippen LogP contribution in [0, 0.1) is 0 Å². The number of nitrogens with zero attached hydrogens (tertiary/aromatic N) is 1. The third-order valence-electron chi connectivity index (χ3n) is 1.48. The Labute approximate surface area is 108 Å². The molecule has 1 unspecified atom stereocenters. The Hall–Kier alpha value is -1.43. The van der Waals surface area contributed by atoms with Crippen molar-refractivity contribution in [2.45, 2.75) is 33.3 Å². The number of hydrogen-bond donors (Lipinski definition) is 0. The highest BCUT2D eigenvalue weighted by Crippen LogP contribution is 2.04. The van der Waals surface area contributed by atoms with Crippen LogP contribution in [0.3, 0.4) is 0 Å². The van der Waals surface area contributed by atoms with Gasteiger partial charge in [-0.2, -0.15) is 0 Å². The number of carboxylic acids is 1. The van der Waals surface area contributed by atoms with Crippen molar-refractivity contribution in [2.24, 2.45) is 0 Å². The molecule has 0 amide bonds. The summed E-state index contributed by atoms with van der Waals surface area (Å²) in [6.07, 6.45) is -0.868. The van der Waals surface area contributed by atoms with E-state index in [-0.39, 0.29) is 12.2 Å². The molecule has 0 saturated carbocycles. The zero-order valence-electron chi connectivity index (χ0n) is 12.0. The molecule has 0 aromatic carbocycles. The SMILES string of the molecule is CC(=O)OC(CC(=O)[O-])C[N+](C)(C)C.CC(C)=O. The van der Waals surface area contributed by atoms with Gasteiger partial charge in [0.05, 0.1) is 21.1 Å².